The molecule has 1 saturated carbocycles. The van der Waals surface area contributed by atoms with Crippen molar-refractivity contribution in [3.63, 3.8) is 0 Å². The van der Waals surface area contributed by atoms with E-state index in [1.807, 2.05) is 0 Å². The van der Waals surface area contributed by atoms with Crippen molar-refractivity contribution in [2.24, 2.45) is 0 Å². The number of hydrogen-bond donors (Lipinski definition) is 1. The Morgan fingerprint density at radius 3 is 2.53 bits per heavy atom. The molecule has 1 aromatic rings. The van der Waals surface area contributed by atoms with Gasteiger partial charge in [-0.15, -0.1) is 0 Å². The summed E-state index contributed by atoms with van der Waals surface area (Å²) >= 11 is 0. The highest BCUT2D eigenvalue weighted by atomic mass is 19.3. The van der Waals surface area contributed by atoms with E-state index in [1.165, 1.54) is 25.3 Å². The highest BCUT2D eigenvalue weighted by molar-refractivity contribution is 5.42. The summed E-state index contributed by atoms with van der Waals surface area (Å²) in [6.45, 7) is 0. The molecule has 1 N–H and O–H groups in total. The third-order valence-corrected chi connectivity index (χ3v) is 2.72. The van der Waals surface area contributed by atoms with Crippen molar-refractivity contribution in [3.05, 3.63) is 29.3 Å². The van der Waals surface area contributed by atoms with Crippen LogP contribution in [0.25, 0.3) is 0 Å². The Morgan fingerprint density at radius 2 is 2.07 bits per heavy atom. The third kappa shape index (κ3) is 1.81. The lowest BCUT2D eigenvalue weighted by atomic mass is 10.0. The van der Waals surface area contributed by atoms with Crippen LogP contribution in [0.3, 0.4) is 0 Å². The average Bonchev–Trinajstić information content (AvgIpc) is 2.97. The molecule has 0 heterocycles. The number of ether oxygens (including phenoxy) is 1. The largest absolute Gasteiger partial charge is 0.497 e. The van der Waals surface area contributed by atoms with Gasteiger partial charge in [-0.1, -0.05) is 0 Å². The van der Waals surface area contributed by atoms with Gasteiger partial charge in [0.2, 0.25) is 0 Å². The second-order valence-electron chi connectivity index (χ2n) is 3.79. The molecule has 2 rings (SSSR count). The lowest BCUT2D eigenvalue weighted by Gasteiger charge is -2.15. The molecule has 1 aliphatic carbocycles. The monoisotopic (exact) mass is 214 g/mol. The Morgan fingerprint density at radius 1 is 1.40 bits per heavy atom. The van der Waals surface area contributed by atoms with Gasteiger partial charge in [0.05, 0.1) is 12.7 Å². The molecule has 0 bridgehead atoms. The van der Waals surface area contributed by atoms with Crippen LogP contribution in [0.5, 0.6) is 5.75 Å². The quantitative estimate of drug-likeness (QED) is 0.838. The molecule has 0 atom stereocenters. The molecule has 0 saturated heterocycles. The molecular weight excluding hydrogens is 202 g/mol. The first-order chi connectivity index (χ1) is 7.07. The lowest BCUT2D eigenvalue weighted by molar-refractivity contribution is 0.125. The van der Waals surface area contributed by atoms with Crippen LogP contribution in [0.2, 0.25) is 0 Å². The normalized spacial score (nSPS) is 17.9. The molecule has 0 spiro atoms. The molecule has 0 radical (unpaired) electrons. The Kier molecular flexibility index (Phi) is 2.38. The van der Waals surface area contributed by atoms with Gasteiger partial charge >= 0.3 is 0 Å². The van der Waals surface area contributed by atoms with E-state index in [9.17, 15) is 13.9 Å². The van der Waals surface area contributed by atoms with Crippen LogP contribution in [-0.2, 0) is 5.60 Å². The average molecular weight is 214 g/mol. The first-order valence-corrected chi connectivity index (χ1v) is 4.76. The maximum atomic E-state index is 12.7. The zero-order valence-electron chi connectivity index (χ0n) is 8.34. The van der Waals surface area contributed by atoms with Crippen molar-refractivity contribution in [1.82, 2.24) is 0 Å². The van der Waals surface area contributed by atoms with Gasteiger partial charge in [0.25, 0.3) is 6.43 Å². The molecule has 82 valence electrons. The number of rotatable bonds is 3. The summed E-state index contributed by atoms with van der Waals surface area (Å²) in [5.41, 5.74) is -0.854. The standard InChI is InChI=1S/C11H12F2O2/c1-15-7-2-3-8(10(12)13)9(6-7)11(14)4-5-11/h2-3,6,10,14H,4-5H2,1H3. The number of benzene rings is 1. The maximum absolute atomic E-state index is 12.7. The molecule has 15 heavy (non-hydrogen) atoms. The van der Waals surface area contributed by atoms with E-state index in [2.05, 4.69) is 0 Å². The summed E-state index contributed by atoms with van der Waals surface area (Å²) in [5.74, 6) is 0.495. The van der Waals surface area contributed by atoms with Crippen molar-refractivity contribution < 1.29 is 18.6 Å². The lowest BCUT2D eigenvalue weighted by Crippen LogP contribution is -2.09. The first kappa shape index (κ1) is 10.4. The molecule has 2 nitrogen and oxygen atoms in total. The van der Waals surface area contributed by atoms with Crippen molar-refractivity contribution in [3.8, 4) is 5.75 Å². The van der Waals surface area contributed by atoms with Crippen LogP contribution in [0.1, 0.15) is 30.4 Å². The minimum absolute atomic E-state index is 0.101. The van der Waals surface area contributed by atoms with E-state index in [4.69, 9.17) is 4.74 Å². The topological polar surface area (TPSA) is 29.5 Å². The fraction of sp³-hybridized carbons (Fsp3) is 0.455. The summed E-state index contributed by atoms with van der Waals surface area (Å²) in [6, 6.07) is 4.29. The molecule has 4 heteroatoms. The first-order valence-electron chi connectivity index (χ1n) is 4.76. The minimum Gasteiger partial charge on any atom is -0.497 e. The maximum Gasteiger partial charge on any atom is 0.264 e. The van der Waals surface area contributed by atoms with E-state index < -0.39 is 12.0 Å². The summed E-state index contributed by atoms with van der Waals surface area (Å²) in [6.07, 6.45) is -1.48. The molecule has 1 fully saturated rings. The molecule has 1 aromatic carbocycles. The number of methoxy groups -OCH3 is 1. The predicted octanol–water partition coefficient (Wildman–Crippen LogP) is 2.61. The zero-order chi connectivity index (χ0) is 11.1. The SMILES string of the molecule is COc1ccc(C(F)F)c(C2(O)CC2)c1. The van der Waals surface area contributed by atoms with Crippen molar-refractivity contribution in [2.75, 3.05) is 7.11 Å². The van der Waals surface area contributed by atoms with Crippen molar-refractivity contribution in [1.29, 1.82) is 0 Å². The van der Waals surface area contributed by atoms with E-state index in [1.54, 1.807) is 0 Å². The smallest absolute Gasteiger partial charge is 0.264 e. The van der Waals surface area contributed by atoms with Crippen LogP contribution >= 0.6 is 0 Å². The van der Waals surface area contributed by atoms with Gasteiger partial charge in [-0.3, -0.25) is 0 Å². The van der Waals surface area contributed by atoms with Gasteiger partial charge in [0.15, 0.2) is 0 Å². The zero-order valence-corrected chi connectivity index (χ0v) is 8.34. The summed E-state index contributed by atoms with van der Waals surface area (Å²) in [7, 11) is 1.47. The van der Waals surface area contributed by atoms with E-state index in [0.29, 0.717) is 24.2 Å². The Hall–Kier alpha value is -1.16. The van der Waals surface area contributed by atoms with Gasteiger partial charge in [0, 0.05) is 5.56 Å². The molecule has 1 aliphatic rings. The van der Waals surface area contributed by atoms with Gasteiger partial charge in [0.1, 0.15) is 5.75 Å². The molecule has 0 aliphatic heterocycles. The Bertz CT molecular complexity index is 373. The number of halogens is 2. The Labute approximate surface area is 86.5 Å². The van der Waals surface area contributed by atoms with E-state index in [-0.39, 0.29) is 5.56 Å². The number of hydrogen-bond acceptors (Lipinski definition) is 2. The second kappa shape index (κ2) is 3.45. The number of alkyl halides is 2. The minimum atomic E-state index is -2.56. The molecule has 0 aromatic heterocycles. The van der Waals surface area contributed by atoms with Gasteiger partial charge in [-0.05, 0) is 36.6 Å². The molecule has 0 amide bonds. The van der Waals surface area contributed by atoms with E-state index in [0.717, 1.165) is 0 Å². The van der Waals surface area contributed by atoms with E-state index >= 15 is 0 Å². The molecule has 0 unspecified atom stereocenters. The van der Waals surface area contributed by atoms with Crippen LogP contribution in [0.15, 0.2) is 18.2 Å². The molecular formula is C11H12F2O2. The third-order valence-electron chi connectivity index (χ3n) is 2.72. The number of aliphatic hydroxyl groups is 1. The van der Waals surface area contributed by atoms with Gasteiger partial charge in [-0.25, -0.2) is 8.78 Å². The predicted molar refractivity (Wildman–Crippen MR) is 51.1 cm³/mol. The van der Waals surface area contributed by atoms with Crippen LogP contribution < -0.4 is 4.74 Å². The van der Waals surface area contributed by atoms with Gasteiger partial charge in [-0.2, -0.15) is 0 Å². The second-order valence-corrected chi connectivity index (χ2v) is 3.79. The van der Waals surface area contributed by atoms with Crippen LogP contribution in [0.4, 0.5) is 8.78 Å². The fourth-order valence-electron chi connectivity index (χ4n) is 1.64. The summed E-state index contributed by atoms with van der Waals surface area (Å²) in [4.78, 5) is 0. The Balaban J connectivity index is 2.46. The van der Waals surface area contributed by atoms with Crippen molar-refractivity contribution >= 4 is 0 Å². The highest BCUT2D eigenvalue weighted by Crippen LogP contribution is 2.49. The van der Waals surface area contributed by atoms with Crippen LogP contribution in [0, 0.1) is 0 Å². The van der Waals surface area contributed by atoms with Crippen LogP contribution in [-0.4, -0.2) is 12.2 Å². The fourth-order valence-corrected chi connectivity index (χ4v) is 1.64. The summed E-state index contributed by atoms with van der Waals surface area (Å²) in [5, 5.41) is 9.86. The van der Waals surface area contributed by atoms with Crippen molar-refractivity contribution in [2.45, 2.75) is 24.9 Å². The van der Waals surface area contributed by atoms with Gasteiger partial charge < -0.3 is 9.84 Å². The summed E-state index contributed by atoms with van der Waals surface area (Å²) < 4.78 is 30.3. The highest BCUT2D eigenvalue weighted by Gasteiger charge is 2.44.